The molecule has 0 aromatic heterocycles. The Morgan fingerprint density at radius 1 is 0.971 bits per heavy atom. The van der Waals surface area contributed by atoms with E-state index in [2.05, 4.69) is 4.90 Å². The average Bonchev–Trinajstić information content (AvgIpc) is 2.91. The van der Waals surface area contributed by atoms with E-state index < -0.39 is 0 Å². The van der Waals surface area contributed by atoms with Crippen LogP contribution in [0.3, 0.4) is 0 Å². The van der Waals surface area contributed by atoms with Crippen molar-refractivity contribution in [1.82, 2.24) is 14.7 Å². The third-order valence-corrected chi connectivity index (χ3v) is 6.56. The first-order valence-electron chi connectivity index (χ1n) is 12.2. The Kier molecular flexibility index (Phi) is 8.74. The molecule has 2 heterocycles. The second-order valence-electron chi connectivity index (χ2n) is 9.04. The molecule has 2 aliphatic rings. The standard InChI is InChI=1S/C27H35N3O5/c1-21-3-5-22(6-4-21)26(31)29(12-11-28-13-16-34-17-14-28)19-25-20-30(15-18-35-25)27(32)23-7-9-24(33-2)10-8-23/h3-10,25H,11-20H2,1-2H3. The quantitative estimate of drug-likeness (QED) is 0.576. The molecule has 0 N–H and O–H groups in total. The van der Waals surface area contributed by atoms with Crippen molar-refractivity contribution in [3.05, 3.63) is 65.2 Å². The number of rotatable bonds is 8. The lowest BCUT2D eigenvalue weighted by Gasteiger charge is -2.37. The van der Waals surface area contributed by atoms with Gasteiger partial charge >= 0.3 is 0 Å². The molecule has 2 aromatic rings. The molecule has 1 unspecified atom stereocenters. The van der Waals surface area contributed by atoms with Crippen LogP contribution in [0.2, 0.25) is 0 Å². The van der Waals surface area contributed by atoms with Crippen molar-refractivity contribution in [2.45, 2.75) is 13.0 Å². The lowest BCUT2D eigenvalue weighted by molar-refractivity contribution is -0.0346. The Balaban J connectivity index is 1.42. The van der Waals surface area contributed by atoms with E-state index in [4.69, 9.17) is 14.2 Å². The lowest BCUT2D eigenvalue weighted by Crippen LogP contribution is -2.52. The summed E-state index contributed by atoms with van der Waals surface area (Å²) in [5.41, 5.74) is 2.40. The van der Waals surface area contributed by atoms with Crippen LogP contribution in [0.4, 0.5) is 0 Å². The largest absolute Gasteiger partial charge is 0.497 e. The number of amides is 2. The Hall–Kier alpha value is -2.94. The normalized spacial score (nSPS) is 18.8. The van der Waals surface area contributed by atoms with Gasteiger partial charge in [0.05, 0.1) is 33.0 Å². The highest BCUT2D eigenvalue weighted by Gasteiger charge is 2.29. The summed E-state index contributed by atoms with van der Waals surface area (Å²) in [6.07, 6.45) is -0.245. The van der Waals surface area contributed by atoms with E-state index in [1.165, 1.54) is 0 Å². The van der Waals surface area contributed by atoms with Crippen LogP contribution < -0.4 is 4.74 Å². The van der Waals surface area contributed by atoms with E-state index in [9.17, 15) is 9.59 Å². The summed E-state index contributed by atoms with van der Waals surface area (Å²) in [4.78, 5) is 32.5. The molecule has 8 heteroatoms. The predicted molar refractivity (Wildman–Crippen MR) is 133 cm³/mol. The fraction of sp³-hybridized carbons (Fsp3) is 0.481. The van der Waals surface area contributed by atoms with Gasteiger partial charge in [-0.05, 0) is 43.3 Å². The molecule has 188 valence electrons. The monoisotopic (exact) mass is 481 g/mol. The van der Waals surface area contributed by atoms with E-state index in [1.54, 1.807) is 31.4 Å². The molecule has 0 saturated carbocycles. The van der Waals surface area contributed by atoms with Gasteiger partial charge in [-0.3, -0.25) is 14.5 Å². The van der Waals surface area contributed by atoms with Crippen molar-refractivity contribution >= 4 is 11.8 Å². The zero-order chi connectivity index (χ0) is 24.6. The molecule has 2 aromatic carbocycles. The number of carbonyl (C=O) groups is 2. The first-order valence-corrected chi connectivity index (χ1v) is 12.2. The van der Waals surface area contributed by atoms with Gasteiger partial charge in [0, 0.05) is 56.9 Å². The molecular weight excluding hydrogens is 446 g/mol. The topological polar surface area (TPSA) is 71.6 Å². The van der Waals surface area contributed by atoms with Gasteiger partial charge in [0.1, 0.15) is 5.75 Å². The van der Waals surface area contributed by atoms with Crippen LogP contribution in [0.5, 0.6) is 5.75 Å². The van der Waals surface area contributed by atoms with Crippen LogP contribution in [-0.4, -0.2) is 105 Å². The van der Waals surface area contributed by atoms with Gasteiger partial charge in [-0.25, -0.2) is 0 Å². The fourth-order valence-electron chi connectivity index (χ4n) is 4.42. The molecule has 8 nitrogen and oxygen atoms in total. The van der Waals surface area contributed by atoms with E-state index in [0.29, 0.717) is 49.7 Å². The molecule has 2 fully saturated rings. The molecule has 2 amide bonds. The van der Waals surface area contributed by atoms with Crippen molar-refractivity contribution in [3.8, 4) is 5.75 Å². The molecule has 4 rings (SSSR count). The molecule has 2 saturated heterocycles. The SMILES string of the molecule is COc1ccc(C(=O)N2CCOC(CN(CCN3CCOCC3)C(=O)c3ccc(C)cc3)C2)cc1. The Morgan fingerprint density at radius 2 is 1.66 bits per heavy atom. The maximum atomic E-state index is 13.4. The van der Waals surface area contributed by atoms with Crippen molar-refractivity contribution in [2.24, 2.45) is 0 Å². The van der Waals surface area contributed by atoms with Crippen LogP contribution in [0.15, 0.2) is 48.5 Å². The van der Waals surface area contributed by atoms with E-state index in [0.717, 1.165) is 38.4 Å². The summed E-state index contributed by atoms with van der Waals surface area (Å²) in [6, 6.07) is 14.8. The molecule has 2 aliphatic heterocycles. The predicted octanol–water partition coefficient (Wildman–Crippen LogP) is 2.32. The number of aryl methyl sites for hydroxylation is 1. The molecule has 0 radical (unpaired) electrons. The molecular formula is C27H35N3O5. The van der Waals surface area contributed by atoms with Crippen LogP contribution in [0, 0.1) is 6.92 Å². The number of hydrogen-bond donors (Lipinski definition) is 0. The minimum absolute atomic E-state index is 0.0135. The third kappa shape index (κ3) is 6.81. The molecule has 0 spiro atoms. The highest BCUT2D eigenvalue weighted by Crippen LogP contribution is 2.17. The van der Waals surface area contributed by atoms with Gasteiger partial charge in [-0.15, -0.1) is 0 Å². The summed E-state index contributed by atoms with van der Waals surface area (Å²) in [5.74, 6) is 0.665. The van der Waals surface area contributed by atoms with Crippen LogP contribution in [0.25, 0.3) is 0 Å². The Labute approximate surface area is 207 Å². The highest BCUT2D eigenvalue weighted by atomic mass is 16.5. The maximum Gasteiger partial charge on any atom is 0.254 e. The maximum absolute atomic E-state index is 13.4. The Bertz CT molecular complexity index is 973. The molecule has 35 heavy (non-hydrogen) atoms. The number of morpholine rings is 2. The second kappa shape index (κ2) is 12.2. The van der Waals surface area contributed by atoms with Gasteiger partial charge in [0.15, 0.2) is 0 Å². The lowest BCUT2D eigenvalue weighted by atomic mass is 10.1. The summed E-state index contributed by atoms with van der Waals surface area (Å²) >= 11 is 0. The van der Waals surface area contributed by atoms with Crippen molar-refractivity contribution in [1.29, 1.82) is 0 Å². The number of nitrogens with zero attached hydrogens (tertiary/aromatic N) is 3. The number of ether oxygens (including phenoxy) is 3. The van der Waals surface area contributed by atoms with Gasteiger partial charge < -0.3 is 24.0 Å². The fourth-order valence-corrected chi connectivity index (χ4v) is 4.42. The average molecular weight is 482 g/mol. The first kappa shape index (κ1) is 25.2. The Morgan fingerprint density at radius 3 is 2.34 bits per heavy atom. The van der Waals surface area contributed by atoms with Crippen LogP contribution in [0.1, 0.15) is 26.3 Å². The van der Waals surface area contributed by atoms with Crippen LogP contribution in [-0.2, 0) is 9.47 Å². The van der Waals surface area contributed by atoms with Crippen molar-refractivity contribution in [2.75, 3.05) is 72.7 Å². The minimum Gasteiger partial charge on any atom is -0.497 e. The van der Waals surface area contributed by atoms with Gasteiger partial charge in [0.25, 0.3) is 11.8 Å². The first-order chi connectivity index (χ1) is 17.0. The minimum atomic E-state index is -0.245. The number of hydrogen-bond acceptors (Lipinski definition) is 6. The van der Waals surface area contributed by atoms with Gasteiger partial charge in [-0.1, -0.05) is 17.7 Å². The molecule has 0 aliphatic carbocycles. The molecule has 1 atom stereocenters. The summed E-state index contributed by atoms with van der Waals surface area (Å²) < 4.78 is 16.7. The van der Waals surface area contributed by atoms with Gasteiger partial charge in [-0.2, -0.15) is 0 Å². The number of methoxy groups -OCH3 is 1. The van der Waals surface area contributed by atoms with E-state index >= 15 is 0 Å². The molecule has 0 bridgehead atoms. The van der Waals surface area contributed by atoms with Gasteiger partial charge in [0.2, 0.25) is 0 Å². The zero-order valence-corrected chi connectivity index (χ0v) is 20.7. The van der Waals surface area contributed by atoms with E-state index in [-0.39, 0.29) is 17.9 Å². The van der Waals surface area contributed by atoms with E-state index in [1.807, 2.05) is 41.0 Å². The smallest absolute Gasteiger partial charge is 0.254 e. The summed E-state index contributed by atoms with van der Waals surface area (Å²) in [7, 11) is 1.60. The number of benzene rings is 2. The summed E-state index contributed by atoms with van der Waals surface area (Å²) in [5, 5.41) is 0. The van der Waals surface area contributed by atoms with Crippen molar-refractivity contribution < 1.29 is 23.8 Å². The zero-order valence-electron chi connectivity index (χ0n) is 20.7. The summed E-state index contributed by atoms with van der Waals surface area (Å²) in [6.45, 7) is 8.43. The van der Waals surface area contributed by atoms with Crippen LogP contribution >= 0.6 is 0 Å². The highest BCUT2D eigenvalue weighted by molar-refractivity contribution is 5.95. The second-order valence-corrected chi connectivity index (χ2v) is 9.04. The third-order valence-electron chi connectivity index (χ3n) is 6.56. The number of carbonyl (C=O) groups excluding carboxylic acids is 2. The van der Waals surface area contributed by atoms with Crippen molar-refractivity contribution in [3.63, 3.8) is 0 Å².